The van der Waals surface area contributed by atoms with Crippen molar-refractivity contribution in [3.05, 3.63) is 69.8 Å². The van der Waals surface area contributed by atoms with Gasteiger partial charge in [-0.25, -0.2) is 0 Å². The van der Waals surface area contributed by atoms with Gasteiger partial charge in [-0.15, -0.1) is 0 Å². The molecule has 6 nitrogen and oxygen atoms in total. The first-order chi connectivity index (χ1) is 17.9. The molecule has 0 amide bonds. The van der Waals surface area contributed by atoms with Crippen molar-refractivity contribution >= 4 is 40.1 Å². The van der Waals surface area contributed by atoms with Gasteiger partial charge in [0, 0.05) is 30.1 Å². The number of hydrogen-bond acceptors (Lipinski definition) is 5. The number of hydrogen-bond donors (Lipinski definition) is 2. The molecule has 8 heteroatoms. The second-order valence-corrected chi connectivity index (χ2v) is 10.2. The molecule has 0 unspecified atom stereocenters. The van der Waals surface area contributed by atoms with Crippen LogP contribution in [0.1, 0.15) is 42.9 Å². The zero-order valence-corrected chi connectivity index (χ0v) is 22.2. The Labute approximate surface area is 227 Å². The molecule has 3 atom stereocenters. The molecular formula is C29H30Cl2N2O4. The van der Waals surface area contributed by atoms with E-state index in [-0.39, 0.29) is 18.3 Å². The van der Waals surface area contributed by atoms with Gasteiger partial charge in [-0.05, 0) is 79.6 Å². The molecule has 1 aliphatic heterocycles. The highest BCUT2D eigenvalue weighted by molar-refractivity contribution is 6.42. The summed E-state index contributed by atoms with van der Waals surface area (Å²) in [5, 5.41) is 22.4. The number of carboxylic acid groups (broad SMARTS) is 1. The van der Waals surface area contributed by atoms with Crippen LogP contribution in [0, 0.1) is 23.7 Å². The van der Waals surface area contributed by atoms with Crippen molar-refractivity contribution in [1.29, 1.82) is 0 Å². The van der Waals surface area contributed by atoms with E-state index >= 15 is 0 Å². The molecular weight excluding hydrogens is 511 g/mol. The van der Waals surface area contributed by atoms with Gasteiger partial charge >= 0.3 is 5.97 Å². The van der Waals surface area contributed by atoms with Crippen molar-refractivity contribution < 1.29 is 19.7 Å². The Morgan fingerprint density at radius 1 is 1.24 bits per heavy atom. The van der Waals surface area contributed by atoms with Crippen molar-refractivity contribution in [3.63, 3.8) is 0 Å². The molecule has 1 saturated heterocycles. The van der Waals surface area contributed by atoms with Gasteiger partial charge in [-0.1, -0.05) is 41.1 Å². The first-order valence-electron chi connectivity index (χ1n) is 12.3. The number of benzene rings is 2. The first-order valence-corrected chi connectivity index (χ1v) is 13.1. The number of aliphatic hydroxyl groups is 1. The normalized spacial score (nSPS) is 18.7. The van der Waals surface area contributed by atoms with Gasteiger partial charge in [-0.2, -0.15) is 0 Å². The van der Waals surface area contributed by atoms with Gasteiger partial charge in [0.25, 0.3) is 0 Å². The summed E-state index contributed by atoms with van der Waals surface area (Å²) in [7, 11) is 1.61. The van der Waals surface area contributed by atoms with E-state index in [1.54, 1.807) is 19.4 Å². The highest BCUT2D eigenvalue weighted by Gasteiger charge is 2.31. The minimum Gasteiger partial charge on any atom is -0.497 e. The van der Waals surface area contributed by atoms with E-state index < -0.39 is 12.1 Å². The van der Waals surface area contributed by atoms with Crippen LogP contribution in [0.5, 0.6) is 5.75 Å². The minimum absolute atomic E-state index is 0.00992. The van der Waals surface area contributed by atoms with E-state index in [2.05, 4.69) is 21.7 Å². The SMILES string of the molecule is COc1ccc2nccc([C@H](O)CC[C@@H]3CCN(CC#Cc4cccc(Cl)c4Cl)C[C@@H]3CC(=O)O)c2c1. The third kappa shape index (κ3) is 6.94. The molecule has 0 saturated carbocycles. The van der Waals surface area contributed by atoms with Crippen molar-refractivity contribution in [1.82, 2.24) is 9.88 Å². The number of nitrogens with zero attached hydrogens (tertiary/aromatic N) is 2. The third-order valence-corrected chi connectivity index (χ3v) is 7.86. The molecule has 1 fully saturated rings. The zero-order chi connectivity index (χ0) is 26.4. The lowest BCUT2D eigenvalue weighted by Crippen LogP contribution is -2.41. The maximum absolute atomic E-state index is 11.6. The molecule has 2 heterocycles. The van der Waals surface area contributed by atoms with Crippen LogP contribution in [0.25, 0.3) is 10.9 Å². The van der Waals surface area contributed by atoms with Gasteiger partial charge in [0.05, 0.1) is 35.3 Å². The zero-order valence-electron chi connectivity index (χ0n) is 20.7. The number of rotatable bonds is 8. The Morgan fingerprint density at radius 3 is 2.86 bits per heavy atom. The Hall–Kier alpha value is -2.82. The topological polar surface area (TPSA) is 82.9 Å². The summed E-state index contributed by atoms with van der Waals surface area (Å²) in [6.07, 6.45) is 3.27. The van der Waals surface area contributed by atoms with Crippen LogP contribution in [0.4, 0.5) is 0 Å². The van der Waals surface area contributed by atoms with Crippen LogP contribution >= 0.6 is 23.2 Å². The van der Waals surface area contributed by atoms with Crippen LogP contribution in [-0.2, 0) is 4.79 Å². The summed E-state index contributed by atoms with van der Waals surface area (Å²) in [4.78, 5) is 18.2. The molecule has 194 valence electrons. The monoisotopic (exact) mass is 540 g/mol. The predicted molar refractivity (Wildman–Crippen MR) is 146 cm³/mol. The summed E-state index contributed by atoms with van der Waals surface area (Å²) in [6.45, 7) is 2.00. The fourth-order valence-electron chi connectivity index (χ4n) is 5.07. The number of methoxy groups -OCH3 is 1. The summed E-state index contributed by atoms with van der Waals surface area (Å²) in [6, 6.07) is 12.8. The average Bonchev–Trinajstić information content (AvgIpc) is 2.89. The lowest BCUT2D eigenvalue weighted by molar-refractivity contribution is -0.139. The lowest BCUT2D eigenvalue weighted by atomic mass is 9.79. The molecule has 0 aliphatic carbocycles. The number of ether oxygens (including phenoxy) is 1. The van der Waals surface area contributed by atoms with Gasteiger partial charge in [0.2, 0.25) is 0 Å². The molecule has 0 radical (unpaired) electrons. The molecule has 37 heavy (non-hydrogen) atoms. The summed E-state index contributed by atoms with van der Waals surface area (Å²) < 4.78 is 5.35. The molecule has 2 N–H and O–H groups in total. The third-order valence-electron chi connectivity index (χ3n) is 7.04. The second-order valence-electron chi connectivity index (χ2n) is 9.42. The lowest BCUT2D eigenvalue weighted by Gasteiger charge is -2.37. The van der Waals surface area contributed by atoms with E-state index in [1.165, 1.54) is 0 Å². The number of aliphatic carboxylic acids is 1. The smallest absolute Gasteiger partial charge is 0.303 e. The van der Waals surface area contributed by atoms with Crippen molar-refractivity contribution in [2.45, 2.75) is 31.8 Å². The first kappa shape index (κ1) is 27.2. The van der Waals surface area contributed by atoms with Gasteiger partial charge < -0.3 is 14.9 Å². The fraction of sp³-hybridized carbons (Fsp3) is 0.379. The number of carbonyl (C=O) groups is 1. The summed E-state index contributed by atoms with van der Waals surface area (Å²) in [5.74, 6) is 6.34. The quantitative estimate of drug-likeness (QED) is 0.350. The number of halogens is 2. The molecule has 0 bridgehead atoms. The fourth-order valence-corrected chi connectivity index (χ4v) is 5.42. The van der Waals surface area contributed by atoms with Crippen LogP contribution in [0.2, 0.25) is 10.0 Å². The number of carboxylic acids is 1. The molecule has 1 aliphatic rings. The van der Waals surface area contributed by atoms with Crippen LogP contribution < -0.4 is 4.74 Å². The Bertz CT molecular complexity index is 1320. The molecule has 0 spiro atoms. The largest absolute Gasteiger partial charge is 0.497 e. The minimum atomic E-state index is -0.804. The highest BCUT2D eigenvalue weighted by Crippen LogP contribution is 2.34. The standard InChI is InChI=1S/C29H30Cl2N2O4/c1-37-22-8-9-26-24(17-22)23(11-13-32-26)27(34)10-7-19-12-15-33(18-21(19)16-28(35)36)14-3-5-20-4-2-6-25(30)29(20)31/h2,4,6,8-9,11,13,17,19,21,27,34H,7,10,12,14-16,18H2,1H3,(H,35,36)/t19-,21+,27-/m1/s1. The van der Waals surface area contributed by atoms with Crippen molar-refractivity contribution in [2.75, 3.05) is 26.7 Å². The van der Waals surface area contributed by atoms with Crippen LogP contribution in [-0.4, -0.2) is 52.8 Å². The van der Waals surface area contributed by atoms with E-state index in [0.717, 1.165) is 35.9 Å². The maximum Gasteiger partial charge on any atom is 0.303 e. The number of fused-ring (bicyclic) bond motifs is 1. The van der Waals surface area contributed by atoms with Crippen molar-refractivity contribution in [3.8, 4) is 17.6 Å². The number of aliphatic hydroxyl groups excluding tert-OH is 1. The molecule has 1 aromatic heterocycles. The number of pyridine rings is 1. The summed E-state index contributed by atoms with van der Waals surface area (Å²) >= 11 is 12.3. The molecule has 3 aromatic rings. The number of likely N-dealkylation sites (tertiary alicyclic amines) is 1. The van der Waals surface area contributed by atoms with E-state index in [4.69, 9.17) is 27.9 Å². The van der Waals surface area contributed by atoms with E-state index in [1.807, 2.05) is 36.4 Å². The van der Waals surface area contributed by atoms with Crippen LogP contribution in [0.15, 0.2) is 48.7 Å². The second kappa shape index (κ2) is 12.6. The molecule has 4 rings (SSSR count). The van der Waals surface area contributed by atoms with E-state index in [0.29, 0.717) is 40.9 Å². The van der Waals surface area contributed by atoms with Gasteiger partial charge in [0.15, 0.2) is 0 Å². The van der Waals surface area contributed by atoms with E-state index in [9.17, 15) is 15.0 Å². The summed E-state index contributed by atoms with van der Waals surface area (Å²) in [5.41, 5.74) is 2.29. The van der Waals surface area contributed by atoms with Gasteiger partial charge in [0.1, 0.15) is 5.75 Å². The Morgan fingerprint density at radius 2 is 2.08 bits per heavy atom. The molecule has 2 aromatic carbocycles. The number of aromatic nitrogens is 1. The Balaban J connectivity index is 1.40. The van der Waals surface area contributed by atoms with Gasteiger partial charge in [-0.3, -0.25) is 14.7 Å². The van der Waals surface area contributed by atoms with Crippen LogP contribution in [0.3, 0.4) is 0 Å². The Kier molecular flexibility index (Phi) is 9.28. The number of piperidine rings is 1. The van der Waals surface area contributed by atoms with Crippen molar-refractivity contribution in [2.24, 2.45) is 11.8 Å². The maximum atomic E-state index is 11.6. The average molecular weight is 541 g/mol. The highest BCUT2D eigenvalue weighted by atomic mass is 35.5. The predicted octanol–water partition coefficient (Wildman–Crippen LogP) is 5.83.